The number of hydrogen-bond donors (Lipinski definition) is 0. The molecule has 0 heterocycles. The highest BCUT2D eigenvalue weighted by atomic mass is 35.5. The average molecular weight is 394 g/mol. The van der Waals surface area contributed by atoms with Gasteiger partial charge in [-0.05, 0) is 66.2 Å². The molecule has 0 bridgehead atoms. The number of rotatable bonds is 6. The first-order valence-electron chi connectivity index (χ1n) is 8.78. The molecule has 5 heteroatoms. The first-order valence-corrected chi connectivity index (χ1v) is 9.15. The maximum atomic E-state index is 12.5. The van der Waals surface area contributed by atoms with Gasteiger partial charge >= 0.3 is 0 Å². The van der Waals surface area contributed by atoms with Crippen LogP contribution in [0.15, 0.2) is 72.8 Å². The normalized spacial score (nSPS) is 10.4. The summed E-state index contributed by atoms with van der Waals surface area (Å²) in [6, 6.07) is 21.2. The molecule has 0 saturated carbocycles. The number of carbonyl (C=O) groups excluding carboxylic acids is 2. The molecule has 3 aromatic carbocycles. The van der Waals surface area contributed by atoms with Gasteiger partial charge in [-0.2, -0.15) is 0 Å². The standard InChI is InChI=1S/C23H20ClNO3/c1-25(2)23(27)19-5-3-16(4-6-19)15-28-21-13-9-18(10-14-21)22(26)17-7-11-20(24)12-8-17/h3-14H,15H2,1-2H3. The van der Waals surface area contributed by atoms with E-state index in [1.807, 2.05) is 12.1 Å². The first-order chi connectivity index (χ1) is 13.4. The van der Waals surface area contributed by atoms with Crippen molar-refractivity contribution >= 4 is 23.3 Å². The lowest BCUT2D eigenvalue weighted by Crippen LogP contribution is -2.21. The van der Waals surface area contributed by atoms with Gasteiger partial charge in [-0.25, -0.2) is 0 Å². The van der Waals surface area contributed by atoms with Crippen LogP contribution < -0.4 is 4.74 Å². The minimum atomic E-state index is -0.0654. The van der Waals surface area contributed by atoms with Crippen LogP contribution in [0.25, 0.3) is 0 Å². The second-order valence-electron chi connectivity index (χ2n) is 6.55. The van der Waals surface area contributed by atoms with Gasteiger partial charge in [-0.1, -0.05) is 23.7 Å². The molecule has 0 unspecified atom stereocenters. The van der Waals surface area contributed by atoms with Crippen LogP contribution in [0, 0.1) is 0 Å². The van der Waals surface area contributed by atoms with E-state index < -0.39 is 0 Å². The fourth-order valence-electron chi connectivity index (χ4n) is 2.64. The van der Waals surface area contributed by atoms with Crippen molar-refractivity contribution in [2.75, 3.05) is 14.1 Å². The van der Waals surface area contributed by atoms with Crippen molar-refractivity contribution < 1.29 is 14.3 Å². The topological polar surface area (TPSA) is 46.6 Å². The highest BCUT2D eigenvalue weighted by Crippen LogP contribution is 2.18. The van der Waals surface area contributed by atoms with Crippen LogP contribution in [0.4, 0.5) is 0 Å². The third-order valence-corrected chi connectivity index (χ3v) is 4.49. The number of benzene rings is 3. The zero-order chi connectivity index (χ0) is 20.1. The lowest BCUT2D eigenvalue weighted by molar-refractivity contribution is 0.0827. The van der Waals surface area contributed by atoms with E-state index in [2.05, 4.69) is 0 Å². The van der Waals surface area contributed by atoms with Crippen molar-refractivity contribution in [3.05, 3.63) is 100 Å². The fourth-order valence-corrected chi connectivity index (χ4v) is 2.76. The molecule has 0 aromatic heterocycles. The number of ether oxygens (including phenoxy) is 1. The predicted molar refractivity (Wildman–Crippen MR) is 110 cm³/mol. The molecule has 142 valence electrons. The van der Waals surface area contributed by atoms with Crippen molar-refractivity contribution in [3.63, 3.8) is 0 Å². The van der Waals surface area contributed by atoms with E-state index in [4.69, 9.17) is 16.3 Å². The lowest BCUT2D eigenvalue weighted by Gasteiger charge is -2.11. The number of halogens is 1. The molecule has 0 aliphatic rings. The summed E-state index contributed by atoms with van der Waals surface area (Å²) in [5.41, 5.74) is 2.77. The van der Waals surface area contributed by atoms with E-state index in [0.717, 1.165) is 5.56 Å². The van der Waals surface area contributed by atoms with Gasteiger partial charge in [0.05, 0.1) is 0 Å². The van der Waals surface area contributed by atoms with Crippen molar-refractivity contribution in [1.29, 1.82) is 0 Å². The highest BCUT2D eigenvalue weighted by Gasteiger charge is 2.10. The van der Waals surface area contributed by atoms with Crippen molar-refractivity contribution in [2.45, 2.75) is 6.61 Å². The van der Waals surface area contributed by atoms with Crippen LogP contribution in [0.2, 0.25) is 5.02 Å². The minimum absolute atomic E-state index is 0.0339. The summed E-state index contributed by atoms with van der Waals surface area (Å²) >= 11 is 5.86. The number of ketones is 1. The summed E-state index contributed by atoms with van der Waals surface area (Å²) in [6.07, 6.45) is 0. The molecular formula is C23H20ClNO3. The molecule has 0 N–H and O–H groups in total. The Kier molecular flexibility index (Phi) is 6.12. The third-order valence-electron chi connectivity index (χ3n) is 4.24. The van der Waals surface area contributed by atoms with E-state index in [1.165, 1.54) is 0 Å². The number of nitrogens with zero attached hydrogens (tertiary/aromatic N) is 1. The smallest absolute Gasteiger partial charge is 0.253 e. The van der Waals surface area contributed by atoms with Gasteiger partial charge in [0.15, 0.2) is 5.78 Å². The zero-order valence-electron chi connectivity index (χ0n) is 15.7. The molecule has 0 saturated heterocycles. The molecule has 0 radical (unpaired) electrons. The average Bonchev–Trinajstić information content (AvgIpc) is 2.72. The van der Waals surface area contributed by atoms with Crippen molar-refractivity contribution in [3.8, 4) is 5.75 Å². The SMILES string of the molecule is CN(C)C(=O)c1ccc(COc2ccc(C(=O)c3ccc(Cl)cc3)cc2)cc1. The summed E-state index contributed by atoms with van der Waals surface area (Å²) < 4.78 is 5.77. The second kappa shape index (κ2) is 8.72. The van der Waals surface area contributed by atoms with E-state index in [1.54, 1.807) is 79.7 Å². The van der Waals surface area contributed by atoms with Crippen LogP contribution in [0.1, 0.15) is 31.8 Å². The Labute approximate surface area is 169 Å². The quantitative estimate of drug-likeness (QED) is 0.562. The lowest BCUT2D eigenvalue weighted by atomic mass is 10.0. The van der Waals surface area contributed by atoms with E-state index in [0.29, 0.717) is 34.1 Å². The summed E-state index contributed by atoms with van der Waals surface area (Å²) in [4.78, 5) is 25.9. The Morgan fingerprint density at radius 2 is 1.29 bits per heavy atom. The van der Waals surface area contributed by atoms with Crippen LogP contribution in [-0.4, -0.2) is 30.7 Å². The maximum absolute atomic E-state index is 12.5. The van der Waals surface area contributed by atoms with Crippen LogP contribution in [0.5, 0.6) is 5.75 Å². The third kappa shape index (κ3) is 4.78. The monoisotopic (exact) mass is 393 g/mol. The molecule has 0 aliphatic heterocycles. The molecule has 3 rings (SSSR count). The Hall–Kier alpha value is -3.11. The first kappa shape index (κ1) is 19.6. The Morgan fingerprint density at radius 3 is 1.82 bits per heavy atom. The number of amides is 1. The van der Waals surface area contributed by atoms with Crippen LogP contribution in [-0.2, 0) is 6.61 Å². The minimum Gasteiger partial charge on any atom is -0.489 e. The Balaban J connectivity index is 1.61. The van der Waals surface area contributed by atoms with E-state index in [9.17, 15) is 9.59 Å². The molecule has 0 aliphatic carbocycles. The molecule has 0 fully saturated rings. The Morgan fingerprint density at radius 1 is 0.786 bits per heavy atom. The van der Waals surface area contributed by atoms with E-state index >= 15 is 0 Å². The summed E-state index contributed by atoms with van der Waals surface area (Å²) in [5.74, 6) is 0.568. The largest absolute Gasteiger partial charge is 0.489 e. The van der Waals surface area contributed by atoms with Gasteiger partial charge in [-0.3, -0.25) is 9.59 Å². The maximum Gasteiger partial charge on any atom is 0.253 e. The van der Waals surface area contributed by atoms with Gasteiger partial charge in [-0.15, -0.1) is 0 Å². The second-order valence-corrected chi connectivity index (χ2v) is 6.98. The molecular weight excluding hydrogens is 374 g/mol. The number of carbonyl (C=O) groups is 2. The molecule has 0 spiro atoms. The van der Waals surface area contributed by atoms with Gasteiger partial charge in [0.1, 0.15) is 12.4 Å². The van der Waals surface area contributed by atoms with Crippen LogP contribution >= 0.6 is 11.6 Å². The zero-order valence-corrected chi connectivity index (χ0v) is 16.4. The van der Waals surface area contributed by atoms with Gasteiger partial charge in [0.2, 0.25) is 0 Å². The molecule has 4 nitrogen and oxygen atoms in total. The van der Waals surface area contributed by atoms with Gasteiger partial charge < -0.3 is 9.64 Å². The molecule has 1 amide bonds. The van der Waals surface area contributed by atoms with Crippen molar-refractivity contribution in [2.24, 2.45) is 0 Å². The molecule has 3 aromatic rings. The van der Waals surface area contributed by atoms with Crippen molar-refractivity contribution in [1.82, 2.24) is 4.90 Å². The number of hydrogen-bond acceptors (Lipinski definition) is 3. The van der Waals surface area contributed by atoms with E-state index in [-0.39, 0.29) is 11.7 Å². The highest BCUT2D eigenvalue weighted by molar-refractivity contribution is 6.30. The Bertz CT molecular complexity index is 962. The summed E-state index contributed by atoms with van der Waals surface area (Å²) in [5, 5.41) is 0.597. The van der Waals surface area contributed by atoms with Crippen LogP contribution in [0.3, 0.4) is 0 Å². The fraction of sp³-hybridized carbons (Fsp3) is 0.130. The molecule has 28 heavy (non-hydrogen) atoms. The van der Waals surface area contributed by atoms with Gasteiger partial charge in [0, 0.05) is 35.8 Å². The molecule has 0 atom stereocenters. The predicted octanol–water partition coefficient (Wildman–Crippen LogP) is 4.85. The summed E-state index contributed by atoms with van der Waals surface area (Å²) in [7, 11) is 3.45. The van der Waals surface area contributed by atoms with Gasteiger partial charge in [0.25, 0.3) is 5.91 Å². The summed E-state index contributed by atoms with van der Waals surface area (Å²) in [6.45, 7) is 0.376.